The molecule has 0 aliphatic heterocycles. The quantitative estimate of drug-likeness (QED) is 0.625. The number of pyridine rings is 1. The monoisotopic (exact) mass is 267 g/mol. The molecule has 1 rings (SSSR count). The zero-order chi connectivity index (χ0) is 14.6. The third-order valence-electron chi connectivity index (χ3n) is 2.86. The van der Waals surface area contributed by atoms with Crippen molar-refractivity contribution in [3.8, 4) is 0 Å². The number of carbonyl (C=O) groups is 1. The van der Waals surface area contributed by atoms with E-state index in [9.17, 15) is 14.9 Å². The van der Waals surface area contributed by atoms with Gasteiger partial charge in [-0.1, -0.05) is 0 Å². The number of rotatable bonds is 6. The largest absolute Gasteiger partial charge is 0.481 e. The number of aryl methyl sites for hydroxylation is 1. The third-order valence-corrected chi connectivity index (χ3v) is 2.86. The van der Waals surface area contributed by atoms with Gasteiger partial charge in [0.05, 0.1) is 11.3 Å². The molecule has 1 aromatic rings. The van der Waals surface area contributed by atoms with E-state index in [-0.39, 0.29) is 18.2 Å². The smallest absolute Gasteiger partial charge is 0.305 e. The van der Waals surface area contributed by atoms with Crippen LogP contribution in [0.1, 0.15) is 25.8 Å². The van der Waals surface area contributed by atoms with E-state index in [1.54, 1.807) is 13.8 Å². The summed E-state index contributed by atoms with van der Waals surface area (Å²) in [5, 5.41) is 19.5. The van der Waals surface area contributed by atoms with Crippen molar-refractivity contribution < 1.29 is 14.8 Å². The lowest BCUT2D eigenvalue weighted by molar-refractivity contribution is -0.385. The van der Waals surface area contributed by atoms with Crippen LogP contribution in [0.4, 0.5) is 11.5 Å². The molecule has 1 atom stereocenters. The summed E-state index contributed by atoms with van der Waals surface area (Å²) in [6.07, 6.45) is 1.18. The molecule has 0 bridgehead atoms. The highest BCUT2D eigenvalue weighted by Gasteiger charge is 2.20. The maximum Gasteiger partial charge on any atom is 0.305 e. The van der Waals surface area contributed by atoms with Gasteiger partial charge in [-0.2, -0.15) is 0 Å². The predicted molar refractivity (Wildman–Crippen MR) is 70.4 cm³/mol. The molecule has 7 heteroatoms. The summed E-state index contributed by atoms with van der Waals surface area (Å²) in [7, 11) is 0. The lowest BCUT2D eigenvalue weighted by Gasteiger charge is -2.29. The van der Waals surface area contributed by atoms with E-state index in [4.69, 9.17) is 5.11 Å². The number of aromatic nitrogens is 1. The minimum absolute atomic E-state index is 0.00799. The van der Waals surface area contributed by atoms with Gasteiger partial charge < -0.3 is 10.0 Å². The molecule has 104 valence electrons. The second-order valence-electron chi connectivity index (χ2n) is 4.32. The number of nitro groups is 1. The first-order valence-electron chi connectivity index (χ1n) is 5.96. The van der Waals surface area contributed by atoms with Crippen LogP contribution in [-0.2, 0) is 4.79 Å². The fraction of sp³-hybridized carbons (Fsp3) is 0.500. The summed E-state index contributed by atoms with van der Waals surface area (Å²) in [6, 6.07) is 1.22. The molecule has 0 saturated heterocycles. The topological polar surface area (TPSA) is 96.6 Å². The fourth-order valence-electron chi connectivity index (χ4n) is 1.99. The van der Waals surface area contributed by atoms with Gasteiger partial charge in [-0.3, -0.25) is 14.9 Å². The van der Waals surface area contributed by atoms with E-state index in [1.165, 1.54) is 12.3 Å². The molecule has 0 amide bonds. The lowest BCUT2D eigenvalue weighted by atomic mass is 10.1. The molecule has 19 heavy (non-hydrogen) atoms. The van der Waals surface area contributed by atoms with E-state index in [1.807, 2.05) is 11.8 Å². The summed E-state index contributed by atoms with van der Waals surface area (Å²) in [5.74, 6) is -0.299. The molecule has 7 nitrogen and oxygen atoms in total. The SMILES string of the molecule is CCN(c1ncc([N+](=O)[O-])cc1C)C(C)CC(=O)O. The Balaban J connectivity index is 3.05. The van der Waals surface area contributed by atoms with Gasteiger partial charge in [0.1, 0.15) is 12.0 Å². The molecular formula is C12H17N3O4. The standard InChI is InChI=1S/C12H17N3O4/c1-4-14(9(3)6-11(16)17)12-8(2)5-10(7-13-12)15(18)19/h5,7,9H,4,6H2,1-3H3,(H,16,17). The summed E-state index contributed by atoms with van der Waals surface area (Å²) in [5.41, 5.74) is 0.594. The number of aliphatic carboxylic acids is 1. The van der Waals surface area contributed by atoms with Gasteiger partial charge in [0.25, 0.3) is 5.69 Å². The molecule has 0 saturated carbocycles. The number of carboxylic acids is 1. The second kappa shape index (κ2) is 6.12. The van der Waals surface area contributed by atoms with Crippen molar-refractivity contribution in [1.82, 2.24) is 4.98 Å². The Kier molecular flexibility index (Phi) is 4.80. The van der Waals surface area contributed by atoms with Crippen molar-refractivity contribution in [2.45, 2.75) is 33.2 Å². The lowest BCUT2D eigenvalue weighted by Crippen LogP contribution is -2.35. The zero-order valence-electron chi connectivity index (χ0n) is 11.2. The third kappa shape index (κ3) is 3.64. The van der Waals surface area contributed by atoms with Crippen LogP contribution < -0.4 is 4.90 Å². The Morgan fingerprint density at radius 3 is 2.68 bits per heavy atom. The highest BCUT2D eigenvalue weighted by Crippen LogP contribution is 2.23. The summed E-state index contributed by atoms with van der Waals surface area (Å²) < 4.78 is 0. The summed E-state index contributed by atoms with van der Waals surface area (Å²) >= 11 is 0. The van der Waals surface area contributed by atoms with Gasteiger partial charge in [-0.25, -0.2) is 4.98 Å². The first kappa shape index (κ1) is 14.9. The van der Waals surface area contributed by atoms with Crippen LogP contribution in [0.25, 0.3) is 0 Å². The van der Waals surface area contributed by atoms with Crippen LogP contribution in [0.3, 0.4) is 0 Å². The Labute approximate surface area is 111 Å². The van der Waals surface area contributed by atoms with Gasteiger partial charge in [0.15, 0.2) is 0 Å². The van der Waals surface area contributed by atoms with Crippen molar-refractivity contribution in [1.29, 1.82) is 0 Å². The molecule has 1 heterocycles. The number of hydrogen-bond acceptors (Lipinski definition) is 5. The maximum atomic E-state index is 10.8. The number of carboxylic acid groups (broad SMARTS) is 1. The highest BCUT2D eigenvalue weighted by atomic mass is 16.6. The zero-order valence-corrected chi connectivity index (χ0v) is 11.2. The second-order valence-corrected chi connectivity index (χ2v) is 4.32. The molecular weight excluding hydrogens is 250 g/mol. The molecule has 0 aliphatic carbocycles. The van der Waals surface area contributed by atoms with Crippen LogP contribution in [0.15, 0.2) is 12.3 Å². The minimum Gasteiger partial charge on any atom is -0.481 e. The average Bonchev–Trinajstić information content (AvgIpc) is 2.30. The molecule has 0 aromatic carbocycles. The average molecular weight is 267 g/mol. The Morgan fingerprint density at radius 1 is 1.63 bits per heavy atom. The van der Waals surface area contributed by atoms with Crippen LogP contribution in [0, 0.1) is 17.0 Å². The maximum absolute atomic E-state index is 10.8. The minimum atomic E-state index is -0.884. The van der Waals surface area contributed by atoms with E-state index in [0.717, 1.165) is 0 Å². The van der Waals surface area contributed by atoms with Crippen LogP contribution >= 0.6 is 0 Å². The van der Waals surface area contributed by atoms with Crippen molar-refractivity contribution in [3.05, 3.63) is 27.9 Å². The molecule has 0 aliphatic rings. The van der Waals surface area contributed by atoms with Crippen molar-refractivity contribution in [2.75, 3.05) is 11.4 Å². The Hall–Kier alpha value is -2.18. The summed E-state index contributed by atoms with van der Waals surface area (Å²) in [6.45, 7) is 5.99. The van der Waals surface area contributed by atoms with E-state index in [0.29, 0.717) is 17.9 Å². The molecule has 1 unspecified atom stereocenters. The normalized spacial score (nSPS) is 11.9. The predicted octanol–water partition coefficient (Wildman–Crippen LogP) is 1.99. The molecule has 0 radical (unpaired) electrons. The highest BCUT2D eigenvalue weighted by molar-refractivity contribution is 5.68. The molecule has 0 spiro atoms. The van der Waals surface area contributed by atoms with E-state index in [2.05, 4.69) is 4.98 Å². The van der Waals surface area contributed by atoms with Gasteiger partial charge in [0, 0.05) is 18.7 Å². The van der Waals surface area contributed by atoms with Gasteiger partial charge >= 0.3 is 5.97 Å². The van der Waals surface area contributed by atoms with Crippen molar-refractivity contribution in [3.63, 3.8) is 0 Å². The fourth-order valence-corrected chi connectivity index (χ4v) is 1.99. The van der Waals surface area contributed by atoms with Gasteiger partial charge in [-0.05, 0) is 26.3 Å². The van der Waals surface area contributed by atoms with Crippen molar-refractivity contribution >= 4 is 17.5 Å². The van der Waals surface area contributed by atoms with Crippen LogP contribution in [-0.4, -0.2) is 33.6 Å². The first-order valence-corrected chi connectivity index (χ1v) is 5.96. The van der Waals surface area contributed by atoms with E-state index < -0.39 is 10.9 Å². The number of hydrogen-bond donors (Lipinski definition) is 1. The molecule has 0 fully saturated rings. The number of nitrogens with zero attached hydrogens (tertiary/aromatic N) is 3. The van der Waals surface area contributed by atoms with Crippen LogP contribution in [0.2, 0.25) is 0 Å². The summed E-state index contributed by atoms with van der Waals surface area (Å²) in [4.78, 5) is 26.8. The first-order chi connectivity index (χ1) is 8.86. The molecule has 1 aromatic heterocycles. The van der Waals surface area contributed by atoms with Crippen LogP contribution in [0.5, 0.6) is 0 Å². The van der Waals surface area contributed by atoms with Gasteiger partial charge in [0.2, 0.25) is 0 Å². The van der Waals surface area contributed by atoms with E-state index >= 15 is 0 Å². The Bertz CT molecular complexity index is 490. The Morgan fingerprint density at radius 2 is 2.26 bits per heavy atom. The van der Waals surface area contributed by atoms with Gasteiger partial charge in [-0.15, -0.1) is 0 Å². The van der Waals surface area contributed by atoms with Crippen molar-refractivity contribution in [2.24, 2.45) is 0 Å². The molecule has 1 N–H and O–H groups in total. The number of anilines is 1.